The molecule has 8 nitrogen and oxygen atoms in total. The summed E-state index contributed by atoms with van der Waals surface area (Å²) in [5.41, 5.74) is 6.39. The van der Waals surface area contributed by atoms with Crippen molar-refractivity contribution in [2.75, 3.05) is 32.6 Å². The Kier molecular flexibility index (Phi) is 7.33. The largest absolute Gasteiger partial charge is 0.497 e. The fraction of sp³-hybridized carbons (Fsp3) is 0.348. The van der Waals surface area contributed by atoms with Crippen LogP contribution >= 0.6 is 0 Å². The van der Waals surface area contributed by atoms with Gasteiger partial charge in [-0.15, -0.1) is 0 Å². The number of benzene rings is 1. The van der Waals surface area contributed by atoms with Crippen LogP contribution in [0.5, 0.6) is 11.5 Å². The lowest BCUT2D eigenvalue weighted by Crippen LogP contribution is -2.39. The number of carbonyl (C=O) groups excluding carboxylic acids is 1. The highest BCUT2D eigenvalue weighted by atomic mass is 16.5. The summed E-state index contributed by atoms with van der Waals surface area (Å²) in [6.07, 6.45) is 7.76. The predicted molar refractivity (Wildman–Crippen MR) is 119 cm³/mol. The molecule has 2 heterocycles. The van der Waals surface area contributed by atoms with Crippen molar-refractivity contribution < 1.29 is 14.3 Å². The van der Waals surface area contributed by atoms with Gasteiger partial charge in [-0.1, -0.05) is 12.0 Å². The molecule has 1 aliphatic rings. The fourth-order valence-corrected chi connectivity index (χ4v) is 3.42. The second kappa shape index (κ2) is 10.3. The minimum Gasteiger partial charge on any atom is -0.497 e. The van der Waals surface area contributed by atoms with E-state index in [0.717, 1.165) is 25.9 Å². The molecular weight excluding hydrogens is 394 g/mol. The molecule has 0 saturated carbocycles. The molecule has 1 aliphatic heterocycles. The van der Waals surface area contributed by atoms with Gasteiger partial charge in [0, 0.05) is 30.8 Å². The molecule has 0 spiro atoms. The van der Waals surface area contributed by atoms with Crippen molar-refractivity contribution in [1.29, 1.82) is 0 Å². The summed E-state index contributed by atoms with van der Waals surface area (Å²) in [5, 5.41) is 3.40. The Hall–Kier alpha value is -3.73. The van der Waals surface area contributed by atoms with Crippen molar-refractivity contribution in [3.63, 3.8) is 0 Å². The first-order valence-corrected chi connectivity index (χ1v) is 10.1. The molecule has 0 bridgehead atoms. The van der Waals surface area contributed by atoms with Crippen LogP contribution in [0.2, 0.25) is 0 Å². The molecule has 1 amide bonds. The molecule has 1 aromatic carbocycles. The number of nitrogens with one attached hydrogen (secondary N) is 1. The number of anilines is 1. The molecule has 1 atom stereocenters. The van der Waals surface area contributed by atoms with E-state index in [1.807, 2.05) is 13.0 Å². The second-order valence-electron chi connectivity index (χ2n) is 7.13. The summed E-state index contributed by atoms with van der Waals surface area (Å²) in [4.78, 5) is 22.8. The van der Waals surface area contributed by atoms with E-state index in [1.165, 1.54) is 6.20 Å². The summed E-state index contributed by atoms with van der Waals surface area (Å²) >= 11 is 0. The van der Waals surface area contributed by atoms with Gasteiger partial charge in [0.05, 0.1) is 20.4 Å². The summed E-state index contributed by atoms with van der Waals surface area (Å²) < 4.78 is 10.5. The third kappa shape index (κ3) is 5.89. The number of hydrogen-bond donors (Lipinski definition) is 2. The highest BCUT2D eigenvalue weighted by molar-refractivity contribution is 5.93. The van der Waals surface area contributed by atoms with Gasteiger partial charge >= 0.3 is 0 Å². The van der Waals surface area contributed by atoms with Crippen LogP contribution in [0, 0.1) is 11.8 Å². The van der Waals surface area contributed by atoms with Crippen LogP contribution in [0.1, 0.15) is 41.5 Å². The van der Waals surface area contributed by atoms with Crippen LogP contribution in [0.25, 0.3) is 0 Å². The van der Waals surface area contributed by atoms with E-state index in [4.69, 9.17) is 15.2 Å². The first kappa shape index (κ1) is 22.0. The summed E-state index contributed by atoms with van der Waals surface area (Å²) in [6.45, 7) is 3.91. The number of ether oxygens (including phenoxy) is 2. The SMILES string of the molecule is CC=CN1CCC[C@H](Nc2cnc(C(N)=O)c(C#Cc3cc(OC)cc(OC)c3)n2)C1. The van der Waals surface area contributed by atoms with Gasteiger partial charge in [0.15, 0.2) is 5.69 Å². The number of methoxy groups -OCH3 is 2. The van der Waals surface area contributed by atoms with E-state index >= 15 is 0 Å². The number of likely N-dealkylation sites (tertiary alicyclic amines) is 1. The van der Waals surface area contributed by atoms with Gasteiger partial charge in [0.25, 0.3) is 5.91 Å². The highest BCUT2D eigenvalue weighted by Gasteiger charge is 2.19. The lowest BCUT2D eigenvalue weighted by atomic mass is 10.1. The highest BCUT2D eigenvalue weighted by Crippen LogP contribution is 2.22. The third-order valence-electron chi connectivity index (χ3n) is 4.85. The molecule has 1 fully saturated rings. The molecule has 3 N–H and O–H groups in total. The molecule has 0 unspecified atom stereocenters. The molecule has 0 radical (unpaired) electrons. The van der Waals surface area contributed by atoms with Gasteiger partial charge < -0.3 is 25.4 Å². The monoisotopic (exact) mass is 421 g/mol. The number of amides is 1. The molecule has 1 saturated heterocycles. The second-order valence-corrected chi connectivity index (χ2v) is 7.13. The quantitative estimate of drug-likeness (QED) is 0.691. The zero-order chi connectivity index (χ0) is 22.2. The topological polar surface area (TPSA) is 103 Å². The number of piperidine rings is 1. The van der Waals surface area contributed by atoms with Gasteiger partial charge in [0.2, 0.25) is 0 Å². The average Bonchev–Trinajstić information content (AvgIpc) is 2.77. The number of allylic oxidation sites excluding steroid dienone is 1. The zero-order valence-corrected chi connectivity index (χ0v) is 18.0. The van der Waals surface area contributed by atoms with Crippen LogP contribution in [0.4, 0.5) is 5.82 Å². The van der Waals surface area contributed by atoms with Gasteiger partial charge in [0.1, 0.15) is 23.0 Å². The molecule has 3 rings (SSSR count). The van der Waals surface area contributed by atoms with Crippen molar-refractivity contribution >= 4 is 11.7 Å². The van der Waals surface area contributed by atoms with Gasteiger partial charge in [-0.3, -0.25) is 4.79 Å². The average molecular weight is 422 g/mol. The van der Waals surface area contributed by atoms with Crippen molar-refractivity contribution in [3.05, 3.63) is 53.6 Å². The minimum atomic E-state index is -0.677. The third-order valence-corrected chi connectivity index (χ3v) is 4.85. The van der Waals surface area contributed by atoms with Crippen LogP contribution in [-0.2, 0) is 0 Å². The Bertz CT molecular complexity index is 1000. The van der Waals surface area contributed by atoms with E-state index in [0.29, 0.717) is 22.9 Å². The Labute approximate surface area is 182 Å². The number of nitrogens with two attached hydrogens (primary N) is 1. The Morgan fingerprint density at radius 3 is 2.65 bits per heavy atom. The first-order chi connectivity index (χ1) is 15.0. The molecule has 31 heavy (non-hydrogen) atoms. The lowest BCUT2D eigenvalue weighted by Gasteiger charge is -2.32. The van der Waals surface area contributed by atoms with Crippen LogP contribution in [0.15, 0.2) is 36.7 Å². The van der Waals surface area contributed by atoms with Crippen molar-refractivity contribution in [3.8, 4) is 23.3 Å². The van der Waals surface area contributed by atoms with E-state index in [1.54, 1.807) is 32.4 Å². The molecule has 162 valence electrons. The van der Waals surface area contributed by atoms with Crippen molar-refractivity contribution in [2.24, 2.45) is 5.73 Å². The normalized spacial score (nSPS) is 15.8. The number of nitrogens with zero attached hydrogens (tertiary/aromatic N) is 3. The van der Waals surface area contributed by atoms with E-state index in [2.05, 4.69) is 38.2 Å². The fourth-order valence-electron chi connectivity index (χ4n) is 3.42. The maximum atomic E-state index is 11.8. The molecular formula is C23H27N5O3. The number of hydrogen-bond acceptors (Lipinski definition) is 7. The Balaban J connectivity index is 1.87. The van der Waals surface area contributed by atoms with Crippen LogP contribution in [0.3, 0.4) is 0 Å². The summed E-state index contributed by atoms with van der Waals surface area (Å²) in [7, 11) is 3.14. The Morgan fingerprint density at radius 1 is 1.26 bits per heavy atom. The standard InChI is InChI=1S/C23H27N5O3/c1-4-9-28-10-5-6-17(15-28)26-21-14-25-22(23(24)29)20(27-21)8-7-16-11-18(30-2)13-19(12-16)31-3/h4,9,11-14,17H,5-6,10,15H2,1-3H3,(H2,24,29)(H,26,27)/t17-/m0/s1. The molecule has 1 aromatic heterocycles. The molecule has 8 heteroatoms. The summed E-state index contributed by atoms with van der Waals surface area (Å²) in [6, 6.07) is 5.52. The molecule has 2 aromatic rings. The van der Waals surface area contributed by atoms with E-state index < -0.39 is 5.91 Å². The Morgan fingerprint density at radius 2 is 2.00 bits per heavy atom. The van der Waals surface area contributed by atoms with Crippen LogP contribution in [-0.4, -0.2) is 54.1 Å². The smallest absolute Gasteiger partial charge is 0.270 e. The number of aromatic nitrogens is 2. The van der Waals surface area contributed by atoms with Crippen molar-refractivity contribution in [2.45, 2.75) is 25.8 Å². The lowest BCUT2D eigenvalue weighted by molar-refractivity contribution is 0.0995. The van der Waals surface area contributed by atoms with Gasteiger partial charge in [-0.05, 0) is 44.0 Å². The zero-order valence-electron chi connectivity index (χ0n) is 18.0. The van der Waals surface area contributed by atoms with Crippen molar-refractivity contribution in [1.82, 2.24) is 14.9 Å². The predicted octanol–water partition coefficient (Wildman–Crippen LogP) is 2.40. The summed E-state index contributed by atoms with van der Waals surface area (Å²) in [5.74, 6) is 7.03. The number of carbonyl (C=O) groups is 1. The number of primary amides is 1. The van der Waals surface area contributed by atoms with E-state index in [-0.39, 0.29) is 17.4 Å². The first-order valence-electron chi connectivity index (χ1n) is 10.1. The van der Waals surface area contributed by atoms with Crippen LogP contribution < -0.4 is 20.5 Å². The minimum absolute atomic E-state index is 0.0344. The van der Waals surface area contributed by atoms with Gasteiger partial charge in [-0.25, -0.2) is 9.97 Å². The number of rotatable bonds is 6. The van der Waals surface area contributed by atoms with Gasteiger partial charge in [-0.2, -0.15) is 0 Å². The molecule has 0 aliphatic carbocycles. The maximum absolute atomic E-state index is 11.8. The maximum Gasteiger partial charge on any atom is 0.270 e. The van der Waals surface area contributed by atoms with E-state index in [9.17, 15) is 4.79 Å².